The Labute approximate surface area is 134 Å². The van der Waals surface area contributed by atoms with Crippen molar-refractivity contribution >= 4 is 17.7 Å². The molecular formula is C15H20FN3O4. The number of rotatable bonds is 1. The number of nitrogens with zero attached hydrogens (tertiary/aromatic N) is 3. The lowest BCUT2D eigenvalue weighted by Gasteiger charge is -2.30. The maximum atomic E-state index is 13.9. The predicted octanol–water partition coefficient (Wildman–Crippen LogP) is 1.81. The molecule has 2 amide bonds. The average molecular weight is 325 g/mol. The number of likely N-dealkylation sites (N-methyl/N-ethyl adjacent to an activating group) is 2. The quantitative estimate of drug-likeness (QED) is 0.736. The van der Waals surface area contributed by atoms with E-state index in [1.54, 1.807) is 20.8 Å². The van der Waals surface area contributed by atoms with Crippen molar-refractivity contribution in [2.45, 2.75) is 32.4 Å². The fourth-order valence-corrected chi connectivity index (χ4v) is 2.14. The molecule has 0 radical (unpaired) electrons. The Morgan fingerprint density at radius 2 is 2.17 bits per heavy atom. The van der Waals surface area contributed by atoms with Gasteiger partial charge in [-0.25, -0.2) is 9.78 Å². The Kier molecular flexibility index (Phi) is 4.44. The third-order valence-electron chi connectivity index (χ3n) is 3.34. The van der Waals surface area contributed by atoms with Crippen molar-refractivity contribution in [2.75, 3.05) is 25.6 Å². The van der Waals surface area contributed by atoms with Gasteiger partial charge in [0.1, 0.15) is 29.7 Å². The van der Waals surface area contributed by atoms with E-state index in [1.165, 1.54) is 26.4 Å². The number of carbonyl (C=O) groups is 2. The zero-order valence-electron chi connectivity index (χ0n) is 13.8. The van der Waals surface area contributed by atoms with E-state index >= 15 is 0 Å². The zero-order chi connectivity index (χ0) is 17.4. The molecule has 0 unspecified atom stereocenters. The Hall–Kier alpha value is -2.38. The second-order valence-corrected chi connectivity index (χ2v) is 6.26. The molecule has 23 heavy (non-hydrogen) atoms. The number of carbonyl (C=O) groups excluding carboxylic acids is 2. The molecule has 0 saturated heterocycles. The molecule has 2 heterocycles. The van der Waals surface area contributed by atoms with Gasteiger partial charge in [-0.2, -0.15) is 4.39 Å². The lowest BCUT2D eigenvalue weighted by molar-refractivity contribution is -0.123. The van der Waals surface area contributed by atoms with Crippen LogP contribution >= 0.6 is 0 Å². The summed E-state index contributed by atoms with van der Waals surface area (Å²) in [4.78, 5) is 30.5. The standard InChI is InChI=1S/C15H20FN3O4/c1-15(2,3)23-14(21)18(4)9-8-22-10-6-7-17-12(16)11(10)19(5)13(9)20/h6-7,9H,8H2,1-5H3/t9-/m0/s1. The summed E-state index contributed by atoms with van der Waals surface area (Å²) < 4.78 is 24.6. The molecule has 0 saturated carbocycles. The Morgan fingerprint density at radius 1 is 1.52 bits per heavy atom. The highest BCUT2D eigenvalue weighted by Crippen LogP contribution is 2.32. The van der Waals surface area contributed by atoms with Crippen LogP contribution in [0.15, 0.2) is 12.3 Å². The summed E-state index contributed by atoms with van der Waals surface area (Å²) >= 11 is 0. The molecule has 0 fully saturated rings. The molecule has 1 aliphatic heterocycles. The monoisotopic (exact) mass is 325 g/mol. The van der Waals surface area contributed by atoms with Gasteiger partial charge in [-0.05, 0) is 20.8 Å². The first-order chi connectivity index (χ1) is 10.6. The predicted molar refractivity (Wildman–Crippen MR) is 80.9 cm³/mol. The summed E-state index contributed by atoms with van der Waals surface area (Å²) in [5, 5.41) is 0. The summed E-state index contributed by atoms with van der Waals surface area (Å²) in [5.74, 6) is -1.09. The Morgan fingerprint density at radius 3 is 2.78 bits per heavy atom. The summed E-state index contributed by atoms with van der Waals surface area (Å²) in [5.41, 5.74) is -0.734. The number of amides is 2. The average Bonchev–Trinajstić information content (AvgIpc) is 2.56. The van der Waals surface area contributed by atoms with Crippen LogP contribution in [0.4, 0.5) is 14.9 Å². The first-order valence-electron chi connectivity index (χ1n) is 7.12. The normalized spacial score (nSPS) is 17.9. The summed E-state index contributed by atoms with van der Waals surface area (Å²) in [6, 6.07) is 0.541. The van der Waals surface area contributed by atoms with Crippen molar-refractivity contribution in [3.63, 3.8) is 0 Å². The highest BCUT2D eigenvalue weighted by atomic mass is 19.1. The molecular weight excluding hydrogens is 305 g/mol. The number of anilines is 1. The fourth-order valence-electron chi connectivity index (χ4n) is 2.14. The largest absolute Gasteiger partial charge is 0.488 e. The minimum atomic E-state index is -0.929. The Bertz CT molecular complexity index is 630. The van der Waals surface area contributed by atoms with Gasteiger partial charge in [-0.3, -0.25) is 9.69 Å². The van der Waals surface area contributed by atoms with Crippen LogP contribution in [0.5, 0.6) is 5.75 Å². The van der Waals surface area contributed by atoms with Gasteiger partial charge in [-0.1, -0.05) is 0 Å². The molecule has 1 aliphatic rings. The second kappa shape index (κ2) is 6.02. The van der Waals surface area contributed by atoms with E-state index in [1.807, 2.05) is 0 Å². The number of fused-ring (bicyclic) bond motifs is 1. The molecule has 0 spiro atoms. The van der Waals surface area contributed by atoms with Gasteiger partial charge in [0.05, 0.1) is 0 Å². The molecule has 1 aromatic heterocycles. The van der Waals surface area contributed by atoms with Crippen molar-refractivity contribution in [3.05, 3.63) is 18.2 Å². The second-order valence-electron chi connectivity index (χ2n) is 6.26. The van der Waals surface area contributed by atoms with E-state index in [4.69, 9.17) is 9.47 Å². The third-order valence-corrected chi connectivity index (χ3v) is 3.34. The highest BCUT2D eigenvalue weighted by molar-refractivity contribution is 6.00. The van der Waals surface area contributed by atoms with Crippen LogP contribution in [-0.4, -0.2) is 54.2 Å². The summed E-state index contributed by atoms with van der Waals surface area (Å²) in [6.45, 7) is 5.09. The third kappa shape index (κ3) is 3.52. The van der Waals surface area contributed by atoms with Gasteiger partial charge in [0.25, 0.3) is 5.91 Å². The molecule has 0 bridgehead atoms. The first-order valence-corrected chi connectivity index (χ1v) is 7.12. The maximum Gasteiger partial charge on any atom is 0.410 e. The molecule has 1 atom stereocenters. The van der Waals surface area contributed by atoms with E-state index in [0.29, 0.717) is 0 Å². The van der Waals surface area contributed by atoms with E-state index in [-0.39, 0.29) is 18.0 Å². The minimum absolute atomic E-state index is 0.0439. The maximum absolute atomic E-state index is 13.9. The highest BCUT2D eigenvalue weighted by Gasteiger charge is 2.37. The molecule has 1 aromatic rings. The van der Waals surface area contributed by atoms with E-state index in [0.717, 1.165) is 9.80 Å². The molecule has 2 rings (SSSR count). The van der Waals surface area contributed by atoms with Gasteiger partial charge < -0.3 is 14.4 Å². The first kappa shape index (κ1) is 17.0. The molecule has 7 nitrogen and oxygen atoms in total. The van der Waals surface area contributed by atoms with Crippen molar-refractivity contribution in [3.8, 4) is 5.75 Å². The van der Waals surface area contributed by atoms with Gasteiger partial charge in [0, 0.05) is 26.4 Å². The number of aromatic nitrogens is 1. The minimum Gasteiger partial charge on any atom is -0.488 e. The topological polar surface area (TPSA) is 72.0 Å². The lowest BCUT2D eigenvalue weighted by atomic mass is 10.2. The molecule has 0 aromatic carbocycles. The van der Waals surface area contributed by atoms with Crippen LogP contribution in [0, 0.1) is 5.95 Å². The molecule has 126 valence electrons. The van der Waals surface area contributed by atoms with Gasteiger partial charge in [0.2, 0.25) is 5.95 Å². The number of hydrogen-bond donors (Lipinski definition) is 0. The fraction of sp³-hybridized carbons (Fsp3) is 0.533. The van der Waals surface area contributed by atoms with Crippen molar-refractivity contribution in [1.82, 2.24) is 9.88 Å². The van der Waals surface area contributed by atoms with Crippen LogP contribution in [0.1, 0.15) is 20.8 Å². The van der Waals surface area contributed by atoms with Crippen LogP contribution in [-0.2, 0) is 9.53 Å². The smallest absolute Gasteiger partial charge is 0.410 e. The van der Waals surface area contributed by atoms with E-state index in [2.05, 4.69) is 4.98 Å². The zero-order valence-corrected chi connectivity index (χ0v) is 13.8. The number of ether oxygens (including phenoxy) is 2. The van der Waals surface area contributed by atoms with E-state index < -0.39 is 29.6 Å². The van der Waals surface area contributed by atoms with Gasteiger partial charge in [-0.15, -0.1) is 0 Å². The van der Waals surface area contributed by atoms with Gasteiger partial charge in [0.15, 0.2) is 0 Å². The van der Waals surface area contributed by atoms with Crippen molar-refractivity contribution in [1.29, 1.82) is 0 Å². The van der Waals surface area contributed by atoms with Crippen molar-refractivity contribution < 1.29 is 23.5 Å². The number of pyridine rings is 1. The molecule has 0 aliphatic carbocycles. The van der Waals surface area contributed by atoms with Gasteiger partial charge >= 0.3 is 6.09 Å². The SMILES string of the molecule is CN1C(=O)[C@@H](N(C)C(=O)OC(C)(C)C)COc2ccnc(F)c21. The number of hydrogen-bond acceptors (Lipinski definition) is 5. The van der Waals surface area contributed by atoms with Crippen LogP contribution in [0.3, 0.4) is 0 Å². The van der Waals surface area contributed by atoms with E-state index in [9.17, 15) is 14.0 Å². The van der Waals surface area contributed by atoms with Crippen LogP contribution < -0.4 is 9.64 Å². The van der Waals surface area contributed by atoms with Crippen molar-refractivity contribution in [2.24, 2.45) is 0 Å². The number of halogens is 1. The Balaban J connectivity index is 2.26. The molecule has 0 N–H and O–H groups in total. The molecule has 8 heteroatoms. The lowest BCUT2D eigenvalue weighted by Crippen LogP contribution is -2.51. The van der Waals surface area contributed by atoms with Crippen LogP contribution in [0.25, 0.3) is 0 Å². The summed E-state index contributed by atoms with van der Waals surface area (Å²) in [7, 11) is 2.86. The van der Waals surface area contributed by atoms with Crippen LogP contribution in [0.2, 0.25) is 0 Å². The summed E-state index contributed by atoms with van der Waals surface area (Å²) in [6.07, 6.45) is 0.599.